The van der Waals surface area contributed by atoms with Crippen LogP contribution >= 0.6 is 0 Å². The van der Waals surface area contributed by atoms with E-state index in [1.807, 2.05) is 93.6 Å². The molecule has 2 aromatic carbocycles. The van der Waals surface area contributed by atoms with Gasteiger partial charge in [0.2, 0.25) is 5.91 Å². The number of alkyl carbamates (subject to hydrolysis) is 1. The number of amides is 5. The van der Waals surface area contributed by atoms with Crippen molar-refractivity contribution in [2.75, 3.05) is 13.7 Å². The summed E-state index contributed by atoms with van der Waals surface area (Å²) in [5.74, 6) is -0.953. The average molecular weight is 673 g/mol. The van der Waals surface area contributed by atoms with Gasteiger partial charge in [-0.2, -0.15) is 5.01 Å². The number of aromatic nitrogens is 1. The van der Waals surface area contributed by atoms with E-state index >= 15 is 0 Å². The molecule has 1 saturated heterocycles. The van der Waals surface area contributed by atoms with Gasteiger partial charge in [0.1, 0.15) is 12.1 Å². The molecule has 0 aliphatic carbocycles. The number of benzene rings is 2. The largest absolute Gasteiger partial charge is 0.453 e. The SMILES string of the molecule is COC(=O)N[C@H](C(=O)N[C@@H](Cc1ccccc1)[C@@H](O)CN(Cc1ccc(-c2ccccn2)cc1)N1C(=O)N[C@@H](C(C)(C)C)C1=O)C(C)(C)C. The Balaban J connectivity index is 1.66. The lowest BCUT2D eigenvalue weighted by atomic mass is 9.85. The minimum atomic E-state index is -1.26. The van der Waals surface area contributed by atoms with E-state index in [9.17, 15) is 24.3 Å². The first-order valence-electron chi connectivity index (χ1n) is 16.3. The maximum atomic E-state index is 13.8. The Morgan fingerprint density at radius 3 is 2.14 bits per heavy atom. The number of imide groups is 1. The number of aliphatic hydroxyl groups is 1. The number of carbonyl (C=O) groups is 4. The molecule has 1 fully saturated rings. The van der Waals surface area contributed by atoms with Crippen molar-refractivity contribution in [2.24, 2.45) is 10.8 Å². The Hall–Kier alpha value is -4.81. The van der Waals surface area contributed by atoms with Crippen LogP contribution in [0.25, 0.3) is 11.3 Å². The Morgan fingerprint density at radius 1 is 0.939 bits per heavy atom. The van der Waals surface area contributed by atoms with Crippen LogP contribution in [0.15, 0.2) is 79.0 Å². The van der Waals surface area contributed by atoms with Gasteiger partial charge < -0.3 is 25.8 Å². The maximum Gasteiger partial charge on any atom is 0.407 e. The van der Waals surface area contributed by atoms with Crippen LogP contribution in [0.5, 0.6) is 0 Å². The van der Waals surface area contributed by atoms with Crippen LogP contribution in [-0.2, 0) is 27.3 Å². The summed E-state index contributed by atoms with van der Waals surface area (Å²) in [7, 11) is 1.22. The van der Waals surface area contributed by atoms with Crippen molar-refractivity contribution in [2.45, 2.75) is 78.7 Å². The fraction of sp³-hybridized carbons (Fsp3) is 0.432. The molecule has 0 saturated carbocycles. The summed E-state index contributed by atoms with van der Waals surface area (Å²) in [4.78, 5) is 57.5. The van der Waals surface area contributed by atoms with Gasteiger partial charge in [0.25, 0.3) is 5.91 Å². The van der Waals surface area contributed by atoms with Gasteiger partial charge in [-0.15, -0.1) is 0 Å². The molecule has 0 unspecified atom stereocenters. The Bertz CT molecular complexity index is 1590. The van der Waals surface area contributed by atoms with Crippen molar-refractivity contribution in [1.29, 1.82) is 0 Å². The van der Waals surface area contributed by atoms with Gasteiger partial charge in [0.15, 0.2) is 0 Å². The monoisotopic (exact) mass is 672 g/mol. The number of aliphatic hydroxyl groups excluding tert-OH is 1. The normalized spacial score (nSPS) is 16.9. The summed E-state index contributed by atoms with van der Waals surface area (Å²) in [6.45, 7) is 11.0. The molecule has 0 radical (unpaired) electrons. The quantitative estimate of drug-likeness (QED) is 0.208. The summed E-state index contributed by atoms with van der Waals surface area (Å²) >= 11 is 0. The van der Waals surface area contributed by atoms with Crippen molar-refractivity contribution in [1.82, 2.24) is 31.0 Å². The highest BCUT2D eigenvalue weighted by molar-refractivity contribution is 6.04. The number of nitrogens with one attached hydrogen (secondary N) is 3. The zero-order chi connectivity index (χ0) is 35.9. The maximum absolute atomic E-state index is 13.8. The zero-order valence-electron chi connectivity index (χ0n) is 29.3. The molecule has 4 rings (SSSR count). The lowest BCUT2D eigenvalue weighted by Gasteiger charge is -2.36. The number of carbonyl (C=O) groups excluding carboxylic acids is 4. The molecule has 1 aliphatic rings. The standard InChI is InChI=1S/C37H48N6O6/c1-36(2,3)30(41-35(48)49-7)32(45)39-28(21-24-13-9-8-10-14-24)29(44)23-42(43-33(46)31(37(4,5)6)40-34(43)47)22-25-16-18-26(19-17-25)27-15-11-12-20-38-27/h8-20,28-31,44H,21-23H2,1-7H3,(H,39,45)(H,40,47)(H,41,48)/t28-,29-,30+,31+/m0/s1. The van der Waals surface area contributed by atoms with Gasteiger partial charge >= 0.3 is 12.1 Å². The minimum absolute atomic E-state index is 0.107. The van der Waals surface area contributed by atoms with Gasteiger partial charge in [-0.25, -0.2) is 14.6 Å². The number of hydrogen-bond acceptors (Lipinski definition) is 8. The number of nitrogens with zero attached hydrogens (tertiary/aromatic N) is 3. The first-order chi connectivity index (χ1) is 23.1. The van der Waals surface area contributed by atoms with E-state index in [-0.39, 0.29) is 19.5 Å². The Labute approximate surface area is 288 Å². The Kier molecular flexibility index (Phi) is 11.8. The zero-order valence-corrected chi connectivity index (χ0v) is 29.3. The molecule has 262 valence electrons. The average Bonchev–Trinajstić information content (AvgIpc) is 3.37. The highest BCUT2D eigenvalue weighted by Gasteiger charge is 2.47. The van der Waals surface area contributed by atoms with E-state index in [0.29, 0.717) is 0 Å². The molecule has 3 aromatic rings. The van der Waals surface area contributed by atoms with E-state index in [1.165, 1.54) is 12.1 Å². The summed E-state index contributed by atoms with van der Waals surface area (Å²) in [6.07, 6.45) is -0.0669. The molecule has 5 amide bonds. The highest BCUT2D eigenvalue weighted by atomic mass is 16.5. The van der Waals surface area contributed by atoms with Crippen LogP contribution < -0.4 is 16.0 Å². The van der Waals surface area contributed by atoms with Crippen molar-refractivity contribution in [3.63, 3.8) is 0 Å². The van der Waals surface area contributed by atoms with Gasteiger partial charge in [-0.1, -0.05) is 102 Å². The third kappa shape index (κ3) is 9.64. The summed E-state index contributed by atoms with van der Waals surface area (Å²) in [6, 6.07) is 19.4. The van der Waals surface area contributed by atoms with Crippen molar-refractivity contribution in [3.8, 4) is 11.3 Å². The molecule has 1 aliphatic heterocycles. The van der Waals surface area contributed by atoms with E-state index in [4.69, 9.17) is 4.74 Å². The van der Waals surface area contributed by atoms with Gasteiger partial charge in [0, 0.05) is 24.8 Å². The molecule has 0 bridgehead atoms. The Morgan fingerprint density at radius 2 is 1.59 bits per heavy atom. The van der Waals surface area contributed by atoms with Crippen LogP contribution in [0.3, 0.4) is 0 Å². The number of methoxy groups -OCH3 is 1. The van der Waals surface area contributed by atoms with Crippen molar-refractivity contribution < 1.29 is 29.0 Å². The summed E-state index contributed by atoms with van der Waals surface area (Å²) in [5, 5.41) is 22.8. The van der Waals surface area contributed by atoms with E-state index in [0.717, 1.165) is 27.4 Å². The molecular weight excluding hydrogens is 624 g/mol. The van der Waals surface area contributed by atoms with Crippen LogP contribution in [0, 0.1) is 10.8 Å². The van der Waals surface area contributed by atoms with Crippen LogP contribution in [0.1, 0.15) is 52.7 Å². The van der Waals surface area contributed by atoms with E-state index < -0.39 is 59.0 Å². The van der Waals surface area contributed by atoms with E-state index in [1.54, 1.807) is 27.0 Å². The third-order valence-corrected chi connectivity index (χ3v) is 8.41. The number of ether oxygens (including phenoxy) is 1. The van der Waals surface area contributed by atoms with Gasteiger partial charge in [-0.3, -0.25) is 14.6 Å². The molecule has 2 heterocycles. The number of rotatable bonds is 12. The van der Waals surface area contributed by atoms with Crippen LogP contribution in [0.4, 0.5) is 9.59 Å². The van der Waals surface area contributed by atoms with Gasteiger partial charge in [0.05, 0.1) is 24.9 Å². The molecule has 12 nitrogen and oxygen atoms in total. The number of urea groups is 1. The second-order valence-corrected chi connectivity index (χ2v) is 14.5. The number of pyridine rings is 1. The molecule has 1 aromatic heterocycles. The molecule has 0 spiro atoms. The second-order valence-electron chi connectivity index (χ2n) is 14.5. The van der Waals surface area contributed by atoms with Crippen LogP contribution in [0.2, 0.25) is 0 Å². The minimum Gasteiger partial charge on any atom is -0.453 e. The van der Waals surface area contributed by atoms with E-state index in [2.05, 4.69) is 20.9 Å². The van der Waals surface area contributed by atoms with Crippen molar-refractivity contribution in [3.05, 3.63) is 90.1 Å². The first-order valence-corrected chi connectivity index (χ1v) is 16.3. The second kappa shape index (κ2) is 15.6. The fourth-order valence-electron chi connectivity index (χ4n) is 5.68. The summed E-state index contributed by atoms with van der Waals surface area (Å²) in [5.41, 5.74) is 2.08. The van der Waals surface area contributed by atoms with Crippen molar-refractivity contribution >= 4 is 23.9 Å². The topological polar surface area (TPSA) is 153 Å². The van der Waals surface area contributed by atoms with Gasteiger partial charge in [-0.05, 0) is 40.5 Å². The summed E-state index contributed by atoms with van der Waals surface area (Å²) < 4.78 is 4.76. The molecule has 4 N–H and O–H groups in total. The molecule has 4 atom stereocenters. The highest BCUT2D eigenvalue weighted by Crippen LogP contribution is 2.28. The molecular formula is C37H48N6O6. The lowest BCUT2D eigenvalue weighted by Crippen LogP contribution is -2.59. The first kappa shape index (κ1) is 37.0. The smallest absolute Gasteiger partial charge is 0.407 e. The number of hydrazine groups is 1. The number of hydrogen-bond donors (Lipinski definition) is 4. The lowest BCUT2D eigenvalue weighted by molar-refractivity contribution is -0.144. The van der Waals surface area contributed by atoms with Crippen LogP contribution in [-0.4, -0.2) is 81.9 Å². The predicted molar refractivity (Wildman–Crippen MR) is 186 cm³/mol. The molecule has 49 heavy (non-hydrogen) atoms. The third-order valence-electron chi connectivity index (χ3n) is 8.41. The molecule has 12 heteroatoms. The fourth-order valence-corrected chi connectivity index (χ4v) is 5.68. The predicted octanol–water partition coefficient (Wildman–Crippen LogP) is 4.29.